The SMILES string of the molecule is CCNC(=NCc1ccc(OC)c(C)c1)NCCc1ccc2c(c1)CCO2.I. The smallest absolute Gasteiger partial charge is 0.191 e. The molecule has 5 nitrogen and oxygen atoms in total. The van der Waals surface area contributed by atoms with Gasteiger partial charge in [0, 0.05) is 19.5 Å². The summed E-state index contributed by atoms with van der Waals surface area (Å²) in [6.07, 6.45) is 1.97. The van der Waals surface area contributed by atoms with Crippen LogP contribution in [0.25, 0.3) is 0 Å². The van der Waals surface area contributed by atoms with Crippen molar-refractivity contribution < 1.29 is 9.47 Å². The minimum Gasteiger partial charge on any atom is -0.496 e. The first-order chi connectivity index (χ1) is 13.2. The van der Waals surface area contributed by atoms with Crippen molar-refractivity contribution in [3.05, 3.63) is 58.7 Å². The molecule has 0 aliphatic carbocycles. The third-order valence-corrected chi connectivity index (χ3v) is 4.68. The van der Waals surface area contributed by atoms with E-state index in [0.717, 1.165) is 55.6 Å². The molecule has 2 aromatic rings. The number of nitrogens with one attached hydrogen (secondary N) is 2. The number of hydrogen-bond donors (Lipinski definition) is 2. The summed E-state index contributed by atoms with van der Waals surface area (Å²) in [4.78, 5) is 4.70. The molecule has 0 saturated carbocycles. The van der Waals surface area contributed by atoms with Crippen molar-refractivity contribution in [1.82, 2.24) is 10.6 Å². The number of hydrogen-bond acceptors (Lipinski definition) is 3. The van der Waals surface area contributed by atoms with Gasteiger partial charge in [0.1, 0.15) is 11.5 Å². The Morgan fingerprint density at radius 2 is 1.96 bits per heavy atom. The maximum atomic E-state index is 5.57. The molecule has 6 heteroatoms. The number of ether oxygens (including phenoxy) is 2. The van der Waals surface area contributed by atoms with Gasteiger partial charge in [-0.3, -0.25) is 0 Å². The summed E-state index contributed by atoms with van der Waals surface area (Å²) < 4.78 is 10.9. The number of methoxy groups -OCH3 is 1. The molecule has 3 rings (SSSR count). The van der Waals surface area contributed by atoms with Crippen LogP contribution in [0.3, 0.4) is 0 Å². The van der Waals surface area contributed by atoms with Crippen LogP contribution in [0.4, 0.5) is 0 Å². The van der Waals surface area contributed by atoms with Gasteiger partial charge in [0.25, 0.3) is 0 Å². The Kier molecular flexibility index (Phi) is 8.89. The van der Waals surface area contributed by atoms with Crippen LogP contribution < -0.4 is 20.1 Å². The van der Waals surface area contributed by atoms with Crippen molar-refractivity contribution >= 4 is 29.9 Å². The molecular weight excluding hydrogens is 465 g/mol. The number of halogens is 1. The largest absolute Gasteiger partial charge is 0.496 e. The number of aliphatic imine (C=N–C) groups is 1. The van der Waals surface area contributed by atoms with Crippen molar-refractivity contribution in [1.29, 1.82) is 0 Å². The predicted molar refractivity (Wildman–Crippen MR) is 125 cm³/mol. The fourth-order valence-corrected chi connectivity index (χ4v) is 3.27. The van der Waals surface area contributed by atoms with E-state index in [0.29, 0.717) is 6.54 Å². The molecule has 2 N–H and O–H groups in total. The highest BCUT2D eigenvalue weighted by atomic mass is 127. The number of rotatable bonds is 7. The first-order valence-electron chi connectivity index (χ1n) is 9.60. The Morgan fingerprint density at radius 1 is 1.14 bits per heavy atom. The second kappa shape index (κ2) is 11.1. The number of guanidine groups is 1. The maximum Gasteiger partial charge on any atom is 0.191 e. The van der Waals surface area contributed by atoms with Gasteiger partial charge in [0.05, 0.1) is 20.3 Å². The Labute approximate surface area is 184 Å². The summed E-state index contributed by atoms with van der Waals surface area (Å²) in [5.41, 5.74) is 4.95. The Balaban J connectivity index is 0.00000280. The minimum atomic E-state index is 0. The molecule has 0 radical (unpaired) electrons. The molecule has 0 fully saturated rings. The molecule has 0 atom stereocenters. The Hall–Kier alpha value is -1.96. The first kappa shape index (κ1) is 22.3. The summed E-state index contributed by atoms with van der Waals surface area (Å²) in [6.45, 7) is 7.25. The van der Waals surface area contributed by atoms with E-state index >= 15 is 0 Å². The van der Waals surface area contributed by atoms with Crippen LogP contribution in [-0.2, 0) is 19.4 Å². The van der Waals surface area contributed by atoms with E-state index in [4.69, 9.17) is 14.5 Å². The van der Waals surface area contributed by atoms with Crippen molar-refractivity contribution in [2.75, 3.05) is 26.8 Å². The maximum absolute atomic E-state index is 5.57. The monoisotopic (exact) mass is 495 g/mol. The zero-order chi connectivity index (χ0) is 19.1. The zero-order valence-corrected chi connectivity index (χ0v) is 19.2. The van der Waals surface area contributed by atoms with Gasteiger partial charge in [-0.15, -0.1) is 24.0 Å². The number of benzene rings is 2. The second-order valence-electron chi connectivity index (χ2n) is 6.72. The van der Waals surface area contributed by atoms with Gasteiger partial charge in [0.2, 0.25) is 0 Å². The molecule has 1 heterocycles. The molecule has 0 amide bonds. The lowest BCUT2D eigenvalue weighted by atomic mass is 10.1. The molecule has 1 aliphatic rings. The third-order valence-electron chi connectivity index (χ3n) is 4.68. The highest BCUT2D eigenvalue weighted by molar-refractivity contribution is 14.0. The normalized spacial score (nSPS) is 12.6. The highest BCUT2D eigenvalue weighted by Gasteiger charge is 2.11. The number of aryl methyl sites for hydroxylation is 1. The molecule has 152 valence electrons. The molecular formula is C22H30IN3O2. The van der Waals surface area contributed by atoms with E-state index in [1.54, 1.807) is 7.11 Å². The van der Waals surface area contributed by atoms with Gasteiger partial charge in [-0.25, -0.2) is 4.99 Å². The van der Waals surface area contributed by atoms with Gasteiger partial charge in [-0.2, -0.15) is 0 Å². The topological polar surface area (TPSA) is 54.9 Å². The molecule has 0 saturated heterocycles. The fraction of sp³-hybridized carbons (Fsp3) is 0.409. The van der Waals surface area contributed by atoms with Crippen LogP contribution in [0.5, 0.6) is 11.5 Å². The molecule has 0 unspecified atom stereocenters. The van der Waals surface area contributed by atoms with E-state index < -0.39 is 0 Å². The average Bonchev–Trinajstić information content (AvgIpc) is 3.14. The van der Waals surface area contributed by atoms with Gasteiger partial charge in [-0.1, -0.05) is 24.3 Å². The van der Waals surface area contributed by atoms with Crippen molar-refractivity contribution in [2.45, 2.75) is 33.2 Å². The van der Waals surface area contributed by atoms with E-state index in [1.165, 1.54) is 16.7 Å². The lowest BCUT2D eigenvalue weighted by Gasteiger charge is -2.12. The minimum absolute atomic E-state index is 0. The highest BCUT2D eigenvalue weighted by Crippen LogP contribution is 2.25. The molecule has 0 bridgehead atoms. The van der Waals surface area contributed by atoms with Crippen LogP contribution in [0.1, 0.15) is 29.2 Å². The third kappa shape index (κ3) is 6.02. The van der Waals surface area contributed by atoms with Crippen LogP contribution in [0.2, 0.25) is 0 Å². The van der Waals surface area contributed by atoms with Crippen LogP contribution >= 0.6 is 24.0 Å². The predicted octanol–water partition coefficient (Wildman–Crippen LogP) is 3.85. The molecule has 0 aromatic heterocycles. The summed E-state index contributed by atoms with van der Waals surface area (Å²) in [7, 11) is 1.70. The van der Waals surface area contributed by atoms with E-state index in [-0.39, 0.29) is 24.0 Å². The van der Waals surface area contributed by atoms with Gasteiger partial charge in [0.15, 0.2) is 5.96 Å². The van der Waals surface area contributed by atoms with Gasteiger partial charge >= 0.3 is 0 Å². The van der Waals surface area contributed by atoms with Crippen LogP contribution in [0.15, 0.2) is 41.4 Å². The summed E-state index contributed by atoms with van der Waals surface area (Å²) >= 11 is 0. The van der Waals surface area contributed by atoms with Crippen molar-refractivity contribution in [2.24, 2.45) is 4.99 Å². The fourth-order valence-electron chi connectivity index (χ4n) is 3.27. The van der Waals surface area contributed by atoms with Gasteiger partial charge < -0.3 is 20.1 Å². The molecule has 2 aromatic carbocycles. The standard InChI is InChI=1S/C22H29N3O2.HI/c1-4-23-22(25-15-18-6-7-20(26-3)16(2)13-18)24-11-9-17-5-8-21-19(14-17)10-12-27-21;/h5-8,13-14H,4,9-12,15H2,1-3H3,(H2,23,24,25);1H. The molecule has 0 spiro atoms. The zero-order valence-electron chi connectivity index (χ0n) is 16.9. The summed E-state index contributed by atoms with van der Waals surface area (Å²) in [5, 5.41) is 6.74. The second-order valence-corrected chi connectivity index (χ2v) is 6.72. The lowest BCUT2D eigenvalue weighted by molar-refractivity contribution is 0.357. The number of nitrogens with zero attached hydrogens (tertiary/aromatic N) is 1. The average molecular weight is 495 g/mol. The first-order valence-corrected chi connectivity index (χ1v) is 9.60. The summed E-state index contributed by atoms with van der Waals surface area (Å²) in [6, 6.07) is 12.7. The van der Waals surface area contributed by atoms with Crippen molar-refractivity contribution in [3.8, 4) is 11.5 Å². The van der Waals surface area contributed by atoms with E-state index in [9.17, 15) is 0 Å². The van der Waals surface area contributed by atoms with Gasteiger partial charge in [-0.05, 0) is 54.7 Å². The van der Waals surface area contributed by atoms with Crippen LogP contribution in [0, 0.1) is 6.92 Å². The quantitative estimate of drug-likeness (QED) is 0.348. The Bertz CT molecular complexity index is 808. The molecule has 28 heavy (non-hydrogen) atoms. The summed E-state index contributed by atoms with van der Waals surface area (Å²) in [5.74, 6) is 2.79. The lowest BCUT2D eigenvalue weighted by Crippen LogP contribution is -2.38. The molecule has 1 aliphatic heterocycles. The number of fused-ring (bicyclic) bond motifs is 1. The van der Waals surface area contributed by atoms with Crippen LogP contribution in [-0.4, -0.2) is 32.8 Å². The Morgan fingerprint density at radius 3 is 2.71 bits per heavy atom. The van der Waals surface area contributed by atoms with E-state index in [1.807, 2.05) is 6.07 Å². The van der Waals surface area contributed by atoms with Crippen molar-refractivity contribution in [3.63, 3.8) is 0 Å². The van der Waals surface area contributed by atoms with E-state index in [2.05, 4.69) is 54.8 Å².